The molecule has 210 valence electrons. The molecule has 1 amide bonds. The second kappa shape index (κ2) is 11.5. The van der Waals surface area contributed by atoms with E-state index >= 15 is 0 Å². The fourth-order valence-corrected chi connectivity index (χ4v) is 5.31. The molecule has 0 atom stereocenters. The van der Waals surface area contributed by atoms with Crippen LogP contribution in [0.4, 0.5) is 11.4 Å². The number of nitrogens with one attached hydrogen (secondary N) is 1. The van der Waals surface area contributed by atoms with Gasteiger partial charge in [-0.2, -0.15) is 9.78 Å². The summed E-state index contributed by atoms with van der Waals surface area (Å²) < 4.78 is 12.8. The molecule has 0 unspecified atom stereocenters. The summed E-state index contributed by atoms with van der Waals surface area (Å²) >= 11 is 0. The highest BCUT2D eigenvalue weighted by atomic mass is 16.5. The number of fused-ring (bicyclic) bond motifs is 1. The monoisotopic (exact) mass is 551 g/mol. The molecule has 6 rings (SSSR count). The van der Waals surface area contributed by atoms with Gasteiger partial charge < -0.3 is 24.6 Å². The number of rotatable bonds is 7. The fourth-order valence-electron chi connectivity index (χ4n) is 5.31. The lowest BCUT2D eigenvalue weighted by atomic mass is 10.1. The Balaban J connectivity index is 1.30. The third-order valence-corrected chi connectivity index (χ3v) is 7.75. The number of ether oxygens (including phenoxy) is 2. The SMILES string of the molecule is COc1ccc(-n2ncc(Oc3ccc4c(c3)CCC4)c(Nc3ccc(C(=O)N4CCN(C)CC4)cc3)c2=O)cc1. The van der Waals surface area contributed by atoms with Crippen molar-refractivity contribution in [3.63, 3.8) is 0 Å². The highest BCUT2D eigenvalue weighted by Crippen LogP contribution is 2.32. The van der Waals surface area contributed by atoms with Crippen molar-refractivity contribution in [1.82, 2.24) is 19.6 Å². The number of carbonyl (C=O) groups is 1. The van der Waals surface area contributed by atoms with Crippen LogP contribution in [0.3, 0.4) is 0 Å². The van der Waals surface area contributed by atoms with Gasteiger partial charge in [0.2, 0.25) is 0 Å². The number of piperazine rings is 1. The molecule has 2 heterocycles. The normalized spacial score (nSPS) is 14.9. The van der Waals surface area contributed by atoms with Crippen molar-refractivity contribution in [2.45, 2.75) is 19.3 Å². The molecule has 0 spiro atoms. The average Bonchev–Trinajstić information content (AvgIpc) is 3.48. The lowest BCUT2D eigenvalue weighted by molar-refractivity contribution is 0.0664. The zero-order valence-corrected chi connectivity index (χ0v) is 23.3. The maximum absolute atomic E-state index is 13.8. The Morgan fingerprint density at radius 3 is 2.32 bits per heavy atom. The number of anilines is 2. The Labute approximate surface area is 238 Å². The average molecular weight is 552 g/mol. The first-order valence-corrected chi connectivity index (χ1v) is 13.9. The van der Waals surface area contributed by atoms with Crippen molar-refractivity contribution in [3.8, 4) is 22.9 Å². The number of hydrogen-bond donors (Lipinski definition) is 1. The van der Waals surface area contributed by atoms with Gasteiger partial charge in [-0.15, -0.1) is 0 Å². The lowest BCUT2D eigenvalue weighted by Crippen LogP contribution is -2.47. The molecule has 4 aromatic rings. The minimum Gasteiger partial charge on any atom is -0.497 e. The molecule has 2 aliphatic rings. The molecule has 1 aliphatic heterocycles. The maximum atomic E-state index is 13.8. The van der Waals surface area contributed by atoms with Crippen LogP contribution in [0.5, 0.6) is 17.2 Å². The summed E-state index contributed by atoms with van der Waals surface area (Å²) in [5, 5.41) is 7.66. The number of nitrogens with zero attached hydrogens (tertiary/aromatic N) is 4. The predicted octanol–water partition coefficient (Wildman–Crippen LogP) is 4.65. The quantitative estimate of drug-likeness (QED) is 0.358. The second-order valence-corrected chi connectivity index (χ2v) is 10.5. The van der Waals surface area contributed by atoms with Crippen molar-refractivity contribution >= 4 is 17.3 Å². The summed E-state index contributed by atoms with van der Waals surface area (Å²) in [6.07, 6.45) is 4.79. The first-order valence-electron chi connectivity index (χ1n) is 13.9. The third-order valence-electron chi connectivity index (χ3n) is 7.75. The molecular formula is C32H33N5O4. The third kappa shape index (κ3) is 5.67. The first-order chi connectivity index (χ1) is 20.0. The number of carbonyl (C=O) groups excluding carboxylic acids is 1. The standard InChI is InChI=1S/C32H33N5O4/c1-35-16-18-36(19-17-35)31(38)23-6-9-25(10-7-23)34-30-29(41-28-13-8-22-4-3-5-24(22)20-28)21-33-37(32(30)39)26-11-14-27(40-2)15-12-26/h6-15,20-21,34H,3-5,16-19H2,1-2H3. The Hall–Kier alpha value is -4.63. The van der Waals surface area contributed by atoms with Gasteiger partial charge in [0.1, 0.15) is 11.5 Å². The molecular weight excluding hydrogens is 518 g/mol. The minimum absolute atomic E-state index is 0.0102. The Kier molecular flexibility index (Phi) is 7.43. The van der Waals surface area contributed by atoms with Gasteiger partial charge in [-0.1, -0.05) is 6.07 Å². The molecule has 1 N–H and O–H groups in total. The van der Waals surface area contributed by atoms with E-state index in [0.29, 0.717) is 47.3 Å². The van der Waals surface area contributed by atoms with Gasteiger partial charge in [-0.3, -0.25) is 9.59 Å². The van der Waals surface area contributed by atoms with Crippen LogP contribution >= 0.6 is 0 Å². The van der Waals surface area contributed by atoms with E-state index in [2.05, 4.69) is 28.4 Å². The summed E-state index contributed by atoms with van der Waals surface area (Å²) in [4.78, 5) is 30.9. The summed E-state index contributed by atoms with van der Waals surface area (Å²) in [5.74, 6) is 1.67. The zero-order chi connectivity index (χ0) is 28.3. The molecule has 0 saturated carbocycles. The number of likely N-dealkylation sites (N-methyl/N-ethyl adjacent to an activating group) is 1. The number of methoxy groups -OCH3 is 1. The van der Waals surface area contributed by atoms with Crippen LogP contribution in [0.25, 0.3) is 5.69 Å². The highest BCUT2D eigenvalue weighted by molar-refractivity contribution is 5.94. The van der Waals surface area contributed by atoms with E-state index in [1.54, 1.807) is 61.8 Å². The Morgan fingerprint density at radius 2 is 1.59 bits per heavy atom. The molecule has 41 heavy (non-hydrogen) atoms. The van der Waals surface area contributed by atoms with Crippen LogP contribution in [0.2, 0.25) is 0 Å². The van der Waals surface area contributed by atoms with Crippen LogP contribution in [0.1, 0.15) is 27.9 Å². The molecule has 1 saturated heterocycles. The van der Waals surface area contributed by atoms with Gasteiger partial charge >= 0.3 is 0 Å². The van der Waals surface area contributed by atoms with Crippen LogP contribution in [-0.4, -0.2) is 65.8 Å². The van der Waals surface area contributed by atoms with Crippen molar-refractivity contribution in [2.75, 3.05) is 45.7 Å². The smallest absolute Gasteiger partial charge is 0.299 e. The van der Waals surface area contributed by atoms with Gasteiger partial charge in [-0.25, -0.2) is 0 Å². The van der Waals surface area contributed by atoms with Crippen molar-refractivity contribution in [3.05, 3.63) is 100.0 Å². The predicted molar refractivity (Wildman–Crippen MR) is 158 cm³/mol. The Morgan fingerprint density at radius 1 is 0.878 bits per heavy atom. The van der Waals surface area contributed by atoms with E-state index in [-0.39, 0.29) is 17.2 Å². The van der Waals surface area contributed by atoms with Crippen molar-refractivity contribution in [2.24, 2.45) is 0 Å². The summed E-state index contributed by atoms with van der Waals surface area (Å²) in [6.45, 7) is 3.14. The Bertz CT molecular complexity index is 1610. The largest absolute Gasteiger partial charge is 0.497 e. The number of hydrogen-bond acceptors (Lipinski definition) is 7. The van der Waals surface area contributed by atoms with E-state index in [4.69, 9.17) is 9.47 Å². The van der Waals surface area contributed by atoms with Gasteiger partial charge in [0.15, 0.2) is 11.4 Å². The van der Waals surface area contributed by atoms with Gasteiger partial charge in [0.05, 0.1) is 19.0 Å². The van der Waals surface area contributed by atoms with Crippen molar-refractivity contribution < 1.29 is 14.3 Å². The number of amides is 1. The fraction of sp³-hybridized carbons (Fsp3) is 0.281. The van der Waals surface area contributed by atoms with Gasteiger partial charge in [-0.05, 0) is 98.1 Å². The number of aromatic nitrogens is 2. The molecule has 0 bridgehead atoms. The van der Waals surface area contributed by atoms with E-state index in [0.717, 1.165) is 32.4 Å². The number of aryl methyl sites for hydroxylation is 2. The van der Waals surface area contributed by atoms with Crippen LogP contribution in [-0.2, 0) is 12.8 Å². The number of benzene rings is 3. The van der Waals surface area contributed by atoms with E-state index in [1.807, 2.05) is 17.0 Å². The van der Waals surface area contributed by atoms with Crippen LogP contribution in [0, 0.1) is 0 Å². The molecule has 0 radical (unpaired) electrons. The molecule has 3 aromatic carbocycles. The van der Waals surface area contributed by atoms with E-state index in [9.17, 15) is 9.59 Å². The second-order valence-electron chi connectivity index (χ2n) is 10.5. The first kappa shape index (κ1) is 26.6. The van der Waals surface area contributed by atoms with Crippen molar-refractivity contribution in [1.29, 1.82) is 0 Å². The summed E-state index contributed by atoms with van der Waals surface area (Å²) in [7, 11) is 3.66. The zero-order valence-electron chi connectivity index (χ0n) is 23.3. The van der Waals surface area contributed by atoms with E-state index in [1.165, 1.54) is 15.8 Å². The molecule has 9 nitrogen and oxygen atoms in total. The maximum Gasteiger partial charge on any atom is 0.299 e. The molecule has 1 aliphatic carbocycles. The van der Waals surface area contributed by atoms with Crippen LogP contribution < -0.4 is 20.3 Å². The van der Waals surface area contributed by atoms with Crippen LogP contribution in [0.15, 0.2) is 77.7 Å². The topological polar surface area (TPSA) is 88.9 Å². The van der Waals surface area contributed by atoms with Gasteiger partial charge in [0, 0.05) is 37.4 Å². The molecule has 1 aromatic heterocycles. The molecule has 1 fully saturated rings. The summed E-state index contributed by atoms with van der Waals surface area (Å²) in [5.41, 5.74) is 4.35. The minimum atomic E-state index is -0.369. The highest BCUT2D eigenvalue weighted by Gasteiger charge is 2.21. The van der Waals surface area contributed by atoms with Gasteiger partial charge in [0.25, 0.3) is 11.5 Å². The lowest BCUT2D eigenvalue weighted by Gasteiger charge is -2.32. The summed E-state index contributed by atoms with van der Waals surface area (Å²) in [6, 6.07) is 20.4. The van der Waals surface area contributed by atoms with E-state index < -0.39 is 0 Å². The molecule has 9 heteroatoms.